The second-order valence-electron chi connectivity index (χ2n) is 11.8. The first-order valence-electron chi connectivity index (χ1n) is 16.2. The van der Waals surface area contributed by atoms with E-state index in [2.05, 4.69) is 53.8 Å². The topological polar surface area (TPSA) is 74.5 Å². The molecule has 0 saturated heterocycles. The van der Waals surface area contributed by atoms with E-state index in [1.165, 1.54) is 0 Å². The molecule has 0 atom stereocenters. The lowest BCUT2D eigenvalue weighted by Crippen LogP contribution is -2.07. The number of para-hydroxylation sites is 1. The van der Waals surface area contributed by atoms with E-state index in [0.29, 0.717) is 23.2 Å². The van der Waals surface area contributed by atoms with Gasteiger partial charge in [-0.05, 0) is 52.2 Å². The normalized spacial score (nSPS) is 10.9. The van der Waals surface area contributed by atoms with E-state index in [1.54, 1.807) is 0 Å². The van der Waals surface area contributed by atoms with Crippen molar-refractivity contribution >= 4 is 27.9 Å². The third-order valence-electron chi connectivity index (χ3n) is 8.54. The predicted molar refractivity (Wildman–Crippen MR) is 201 cm³/mol. The van der Waals surface area contributed by atoms with Crippen molar-refractivity contribution < 1.29 is 0 Å². The number of hydrogen-bond donors (Lipinski definition) is 2. The van der Waals surface area contributed by atoms with Crippen LogP contribution in [-0.4, -0.2) is 20.7 Å². The van der Waals surface area contributed by atoms with Gasteiger partial charge in [0.1, 0.15) is 0 Å². The van der Waals surface area contributed by atoms with Crippen LogP contribution in [0.4, 0.5) is 11.4 Å². The van der Waals surface area contributed by atoms with Gasteiger partial charge >= 0.3 is 0 Å². The number of aromatic nitrogens is 3. The Morgan fingerprint density at radius 3 is 1.61 bits per heavy atom. The summed E-state index contributed by atoms with van der Waals surface area (Å²) in [4.78, 5) is 14.7. The summed E-state index contributed by atoms with van der Waals surface area (Å²) in [7, 11) is 0. The van der Waals surface area contributed by atoms with E-state index in [0.717, 1.165) is 61.1 Å². The number of fused-ring (bicyclic) bond motifs is 1. The van der Waals surface area contributed by atoms with E-state index in [9.17, 15) is 5.41 Å². The molecule has 0 radical (unpaired) electrons. The maximum atomic E-state index is 9.54. The molecule has 0 fully saturated rings. The Hall–Kier alpha value is -6.72. The van der Waals surface area contributed by atoms with Crippen LogP contribution in [0, 0.1) is 5.41 Å². The molecule has 8 rings (SSSR count). The smallest absolute Gasteiger partial charge is 0.164 e. The minimum Gasteiger partial charge on any atom is -0.355 e. The molecule has 5 nitrogen and oxygen atoms in total. The summed E-state index contributed by atoms with van der Waals surface area (Å²) in [6.07, 6.45) is 0. The highest BCUT2D eigenvalue weighted by atomic mass is 15.0. The molecule has 1 heterocycles. The average Bonchev–Trinajstić information content (AvgIpc) is 3.18. The monoisotopic (exact) mass is 629 g/mol. The molecule has 8 aromatic rings. The van der Waals surface area contributed by atoms with Crippen LogP contribution in [0.3, 0.4) is 0 Å². The Morgan fingerprint density at radius 1 is 0.429 bits per heavy atom. The highest BCUT2D eigenvalue weighted by Gasteiger charge is 2.17. The van der Waals surface area contributed by atoms with Gasteiger partial charge in [-0.15, -0.1) is 0 Å². The standard InChI is InChI=1S/C44H31N5/c45-41(40-38-25-11-10-14-30(38)26-27-39(40)46-37-23-8-3-9-24-37)35-21-12-19-33(28-35)34-20-13-22-36(29-34)44-48-42(31-15-4-1-5-16-31)47-43(49-44)32-17-6-2-7-18-32/h1-29,45-46H. The number of nitrogens with one attached hydrogen (secondary N) is 2. The minimum absolute atomic E-state index is 0.450. The zero-order chi connectivity index (χ0) is 33.0. The summed E-state index contributed by atoms with van der Waals surface area (Å²) in [5, 5.41) is 15.2. The molecule has 0 unspecified atom stereocenters. The fraction of sp³-hybridized carbons (Fsp3) is 0. The molecule has 5 heteroatoms. The Bertz CT molecular complexity index is 2370. The number of benzene rings is 7. The third-order valence-corrected chi connectivity index (χ3v) is 8.54. The molecule has 0 spiro atoms. The quantitative estimate of drug-likeness (QED) is 0.164. The lowest BCUT2D eigenvalue weighted by molar-refractivity contribution is 1.07. The van der Waals surface area contributed by atoms with E-state index in [1.807, 2.05) is 127 Å². The van der Waals surface area contributed by atoms with Gasteiger partial charge in [0.2, 0.25) is 0 Å². The molecular weight excluding hydrogens is 599 g/mol. The van der Waals surface area contributed by atoms with Gasteiger partial charge in [-0.1, -0.05) is 146 Å². The van der Waals surface area contributed by atoms with Crippen LogP contribution in [0.5, 0.6) is 0 Å². The maximum absolute atomic E-state index is 9.54. The largest absolute Gasteiger partial charge is 0.355 e. The first-order chi connectivity index (χ1) is 24.2. The van der Waals surface area contributed by atoms with Gasteiger partial charge in [0.05, 0.1) is 5.71 Å². The maximum Gasteiger partial charge on any atom is 0.164 e. The van der Waals surface area contributed by atoms with Crippen LogP contribution in [-0.2, 0) is 0 Å². The number of hydrogen-bond acceptors (Lipinski definition) is 5. The lowest BCUT2D eigenvalue weighted by Gasteiger charge is -2.17. The van der Waals surface area contributed by atoms with Crippen molar-refractivity contribution in [1.82, 2.24) is 15.0 Å². The summed E-state index contributed by atoms with van der Waals surface area (Å²) in [6.45, 7) is 0. The van der Waals surface area contributed by atoms with Crippen molar-refractivity contribution in [2.45, 2.75) is 0 Å². The molecule has 1 aromatic heterocycles. The second-order valence-corrected chi connectivity index (χ2v) is 11.8. The number of anilines is 2. The molecule has 49 heavy (non-hydrogen) atoms. The summed E-state index contributed by atoms with van der Waals surface area (Å²) in [5.74, 6) is 1.85. The van der Waals surface area contributed by atoms with E-state index < -0.39 is 0 Å². The number of rotatable bonds is 8. The summed E-state index contributed by atoms with van der Waals surface area (Å²) in [5.41, 5.74) is 8.76. The Balaban J connectivity index is 1.19. The van der Waals surface area contributed by atoms with Gasteiger partial charge in [0.15, 0.2) is 17.5 Å². The molecule has 0 bridgehead atoms. The molecule has 0 aliphatic heterocycles. The van der Waals surface area contributed by atoms with Crippen molar-refractivity contribution in [1.29, 1.82) is 5.41 Å². The third kappa shape index (κ3) is 6.21. The van der Waals surface area contributed by atoms with Gasteiger partial charge in [-0.25, -0.2) is 15.0 Å². The van der Waals surface area contributed by atoms with Gasteiger partial charge in [-0.3, -0.25) is 5.41 Å². The van der Waals surface area contributed by atoms with Crippen molar-refractivity contribution in [3.05, 3.63) is 187 Å². The highest BCUT2D eigenvalue weighted by Crippen LogP contribution is 2.33. The van der Waals surface area contributed by atoms with Crippen LogP contribution >= 0.6 is 0 Å². The van der Waals surface area contributed by atoms with Gasteiger partial charge < -0.3 is 5.32 Å². The van der Waals surface area contributed by atoms with Crippen molar-refractivity contribution in [3.63, 3.8) is 0 Å². The van der Waals surface area contributed by atoms with Crippen LogP contribution in [0.15, 0.2) is 176 Å². The van der Waals surface area contributed by atoms with E-state index >= 15 is 0 Å². The van der Waals surface area contributed by atoms with Crippen molar-refractivity contribution in [2.24, 2.45) is 0 Å². The Morgan fingerprint density at radius 2 is 0.939 bits per heavy atom. The molecule has 232 valence electrons. The van der Waals surface area contributed by atoms with Crippen LogP contribution in [0.2, 0.25) is 0 Å². The van der Waals surface area contributed by atoms with Gasteiger partial charge in [-0.2, -0.15) is 0 Å². The van der Waals surface area contributed by atoms with Crippen LogP contribution in [0.25, 0.3) is 56.1 Å². The molecule has 7 aromatic carbocycles. The zero-order valence-corrected chi connectivity index (χ0v) is 26.6. The van der Waals surface area contributed by atoms with E-state index in [-0.39, 0.29) is 0 Å². The Labute approximate surface area is 285 Å². The zero-order valence-electron chi connectivity index (χ0n) is 26.6. The SMILES string of the molecule is N=C(c1cccc(-c2cccc(-c3nc(-c4ccccc4)nc(-c4ccccc4)n3)c2)c1)c1c(Nc2ccccc2)ccc2ccccc12. The van der Waals surface area contributed by atoms with Gasteiger partial charge in [0, 0.05) is 39.2 Å². The van der Waals surface area contributed by atoms with Crippen molar-refractivity contribution in [2.75, 3.05) is 5.32 Å². The number of nitrogens with zero attached hydrogens (tertiary/aromatic N) is 3. The molecule has 0 amide bonds. The van der Waals surface area contributed by atoms with Crippen LogP contribution in [0.1, 0.15) is 11.1 Å². The highest BCUT2D eigenvalue weighted by molar-refractivity contribution is 6.21. The molecule has 2 N–H and O–H groups in total. The first kappa shape index (κ1) is 29.7. The molecule has 0 aliphatic rings. The predicted octanol–water partition coefficient (Wildman–Crippen LogP) is 10.9. The van der Waals surface area contributed by atoms with E-state index in [4.69, 9.17) is 15.0 Å². The second kappa shape index (κ2) is 13.2. The summed E-state index contributed by atoms with van der Waals surface area (Å²) < 4.78 is 0. The molecule has 0 saturated carbocycles. The van der Waals surface area contributed by atoms with Gasteiger partial charge in [0.25, 0.3) is 0 Å². The average molecular weight is 630 g/mol. The minimum atomic E-state index is 0.450. The Kier molecular flexibility index (Phi) is 7.98. The lowest BCUT2D eigenvalue weighted by atomic mass is 9.92. The molecule has 0 aliphatic carbocycles. The fourth-order valence-electron chi connectivity index (χ4n) is 6.10. The summed E-state index contributed by atoms with van der Waals surface area (Å²) >= 11 is 0. The first-order valence-corrected chi connectivity index (χ1v) is 16.2. The fourth-order valence-corrected chi connectivity index (χ4v) is 6.10. The van der Waals surface area contributed by atoms with Crippen LogP contribution < -0.4 is 5.32 Å². The summed E-state index contributed by atoms with van der Waals surface area (Å²) in [6, 6.07) is 59.0. The van der Waals surface area contributed by atoms with Crippen molar-refractivity contribution in [3.8, 4) is 45.3 Å². The molecular formula is C44H31N5.